The van der Waals surface area contributed by atoms with Crippen molar-refractivity contribution in [3.63, 3.8) is 0 Å². The van der Waals surface area contributed by atoms with E-state index in [0.717, 1.165) is 20.7 Å². The summed E-state index contributed by atoms with van der Waals surface area (Å²) in [4.78, 5) is 3.80. The molecule has 1 heterocycles. The highest BCUT2D eigenvalue weighted by molar-refractivity contribution is 9.11. The average Bonchev–Trinajstić information content (AvgIpc) is 2.31. The van der Waals surface area contributed by atoms with Gasteiger partial charge in [-0.1, -0.05) is 31.9 Å². The number of benzene rings is 1. The molecule has 0 spiro atoms. The number of hydrogen-bond donors (Lipinski definition) is 1. The average molecular weight is 360 g/mol. The lowest BCUT2D eigenvalue weighted by Gasteiger charge is -2.14. The fourth-order valence-electron chi connectivity index (χ4n) is 1.53. The zero-order chi connectivity index (χ0) is 12.4. The first-order chi connectivity index (χ1) is 8.08. The van der Waals surface area contributed by atoms with Crippen LogP contribution in [0.25, 0.3) is 0 Å². The standard InChI is InChI=1S/C12H9Br2FN2/c13-8-1-2-11(14)10(4-8)12(16)7-3-9(15)6-17-5-7/h1-6,12H,16H2. The van der Waals surface area contributed by atoms with Gasteiger partial charge in [0, 0.05) is 15.1 Å². The van der Waals surface area contributed by atoms with Gasteiger partial charge < -0.3 is 5.73 Å². The SMILES string of the molecule is NC(c1cncc(F)c1)c1cc(Br)ccc1Br. The maximum absolute atomic E-state index is 13.1. The van der Waals surface area contributed by atoms with Crippen LogP contribution in [0.4, 0.5) is 4.39 Å². The Morgan fingerprint density at radius 3 is 2.65 bits per heavy atom. The molecule has 0 saturated heterocycles. The minimum Gasteiger partial charge on any atom is -0.320 e. The maximum Gasteiger partial charge on any atom is 0.141 e. The maximum atomic E-state index is 13.1. The van der Waals surface area contributed by atoms with E-state index in [2.05, 4.69) is 36.8 Å². The molecular formula is C12H9Br2FN2. The third-order valence-corrected chi connectivity index (χ3v) is 3.59. The first-order valence-electron chi connectivity index (χ1n) is 4.89. The summed E-state index contributed by atoms with van der Waals surface area (Å²) in [6.07, 6.45) is 2.73. The van der Waals surface area contributed by atoms with Gasteiger partial charge in [0.1, 0.15) is 5.82 Å². The van der Waals surface area contributed by atoms with Crippen molar-refractivity contribution in [3.8, 4) is 0 Å². The van der Waals surface area contributed by atoms with Gasteiger partial charge in [-0.3, -0.25) is 4.98 Å². The number of pyridine rings is 1. The second-order valence-electron chi connectivity index (χ2n) is 3.58. The zero-order valence-corrected chi connectivity index (χ0v) is 11.9. The lowest BCUT2D eigenvalue weighted by Crippen LogP contribution is -2.13. The molecular weight excluding hydrogens is 351 g/mol. The smallest absolute Gasteiger partial charge is 0.141 e. The molecule has 0 bridgehead atoms. The molecule has 1 aromatic heterocycles. The summed E-state index contributed by atoms with van der Waals surface area (Å²) >= 11 is 6.82. The highest BCUT2D eigenvalue weighted by Gasteiger charge is 2.13. The Morgan fingerprint density at radius 1 is 1.18 bits per heavy atom. The fourth-order valence-corrected chi connectivity index (χ4v) is 2.40. The van der Waals surface area contributed by atoms with Crippen LogP contribution < -0.4 is 5.73 Å². The van der Waals surface area contributed by atoms with E-state index < -0.39 is 6.04 Å². The number of rotatable bonds is 2. The molecule has 0 amide bonds. The summed E-state index contributed by atoms with van der Waals surface area (Å²) in [7, 11) is 0. The van der Waals surface area contributed by atoms with Crippen molar-refractivity contribution in [2.75, 3.05) is 0 Å². The Balaban J connectivity index is 2.43. The molecule has 0 aliphatic rings. The van der Waals surface area contributed by atoms with Crippen LogP contribution in [0.5, 0.6) is 0 Å². The Morgan fingerprint density at radius 2 is 1.94 bits per heavy atom. The Kier molecular flexibility index (Phi) is 3.91. The summed E-state index contributed by atoms with van der Waals surface area (Å²) in [5, 5.41) is 0. The molecule has 2 N–H and O–H groups in total. The van der Waals surface area contributed by atoms with Crippen LogP contribution in [0, 0.1) is 5.82 Å². The van der Waals surface area contributed by atoms with Gasteiger partial charge in [0.15, 0.2) is 0 Å². The monoisotopic (exact) mass is 358 g/mol. The summed E-state index contributed by atoms with van der Waals surface area (Å²) in [6, 6.07) is 6.69. The number of aromatic nitrogens is 1. The van der Waals surface area contributed by atoms with Crippen LogP contribution in [-0.4, -0.2) is 4.98 Å². The molecule has 0 aliphatic heterocycles. The predicted molar refractivity (Wildman–Crippen MR) is 72.1 cm³/mol. The minimum atomic E-state index is -0.412. The second-order valence-corrected chi connectivity index (χ2v) is 5.35. The highest BCUT2D eigenvalue weighted by atomic mass is 79.9. The van der Waals surface area contributed by atoms with Gasteiger partial charge in [-0.15, -0.1) is 0 Å². The quantitative estimate of drug-likeness (QED) is 0.885. The van der Waals surface area contributed by atoms with Crippen LogP contribution in [0.1, 0.15) is 17.2 Å². The fraction of sp³-hybridized carbons (Fsp3) is 0.0833. The van der Waals surface area contributed by atoms with Crippen LogP contribution in [-0.2, 0) is 0 Å². The van der Waals surface area contributed by atoms with Crippen LogP contribution >= 0.6 is 31.9 Å². The number of nitrogens with two attached hydrogens (primary N) is 1. The van der Waals surface area contributed by atoms with Gasteiger partial charge >= 0.3 is 0 Å². The molecule has 0 fully saturated rings. The number of nitrogens with zero attached hydrogens (tertiary/aromatic N) is 1. The molecule has 1 aromatic carbocycles. The molecule has 0 aliphatic carbocycles. The van der Waals surface area contributed by atoms with Crippen LogP contribution in [0.2, 0.25) is 0 Å². The molecule has 2 rings (SSSR count). The molecule has 88 valence electrons. The van der Waals surface area contributed by atoms with E-state index in [4.69, 9.17) is 5.73 Å². The van der Waals surface area contributed by atoms with Crippen molar-refractivity contribution in [2.24, 2.45) is 5.73 Å². The van der Waals surface area contributed by atoms with E-state index in [0.29, 0.717) is 5.56 Å². The third-order valence-electron chi connectivity index (χ3n) is 2.38. The van der Waals surface area contributed by atoms with Crippen molar-refractivity contribution < 1.29 is 4.39 Å². The molecule has 0 saturated carbocycles. The van der Waals surface area contributed by atoms with Gasteiger partial charge in [0.2, 0.25) is 0 Å². The number of halogens is 3. The Labute approximate surface area is 115 Å². The number of hydrogen-bond acceptors (Lipinski definition) is 2. The van der Waals surface area contributed by atoms with Crippen molar-refractivity contribution in [2.45, 2.75) is 6.04 Å². The van der Waals surface area contributed by atoms with Crippen molar-refractivity contribution >= 4 is 31.9 Å². The van der Waals surface area contributed by atoms with Crippen LogP contribution in [0.3, 0.4) is 0 Å². The summed E-state index contributed by atoms with van der Waals surface area (Å²) < 4.78 is 14.9. The van der Waals surface area contributed by atoms with Crippen molar-refractivity contribution in [3.05, 3.63) is 62.5 Å². The van der Waals surface area contributed by atoms with Crippen molar-refractivity contribution in [1.82, 2.24) is 4.98 Å². The van der Waals surface area contributed by atoms with Gasteiger partial charge in [0.25, 0.3) is 0 Å². The van der Waals surface area contributed by atoms with Gasteiger partial charge in [0.05, 0.1) is 12.2 Å². The molecule has 1 atom stereocenters. The topological polar surface area (TPSA) is 38.9 Å². The highest BCUT2D eigenvalue weighted by Crippen LogP contribution is 2.29. The zero-order valence-electron chi connectivity index (χ0n) is 8.70. The summed E-state index contributed by atoms with van der Waals surface area (Å²) in [5.74, 6) is -0.385. The molecule has 0 radical (unpaired) electrons. The first kappa shape index (κ1) is 12.7. The lowest BCUT2D eigenvalue weighted by molar-refractivity contribution is 0.616. The van der Waals surface area contributed by atoms with E-state index in [-0.39, 0.29) is 5.82 Å². The van der Waals surface area contributed by atoms with E-state index in [1.807, 2.05) is 18.2 Å². The predicted octanol–water partition coefficient (Wildman–Crippen LogP) is 3.79. The first-order valence-corrected chi connectivity index (χ1v) is 6.47. The van der Waals surface area contributed by atoms with E-state index in [1.165, 1.54) is 6.07 Å². The third kappa shape index (κ3) is 2.91. The van der Waals surface area contributed by atoms with Crippen molar-refractivity contribution in [1.29, 1.82) is 0 Å². The normalized spacial score (nSPS) is 12.5. The second kappa shape index (κ2) is 5.25. The Bertz CT molecular complexity index is 546. The minimum absolute atomic E-state index is 0.385. The largest absolute Gasteiger partial charge is 0.320 e. The molecule has 1 unspecified atom stereocenters. The van der Waals surface area contributed by atoms with E-state index >= 15 is 0 Å². The molecule has 2 nitrogen and oxygen atoms in total. The lowest BCUT2D eigenvalue weighted by atomic mass is 10.0. The summed E-state index contributed by atoms with van der Waals surface area (Å²) in [6.45, 7) is 0. The van der Waals surface area contributed by atoms with Gasteiger partial charge in [-0.25, -0.2) is 4.39 Å². The molecule has 17 heavy (non-hydrogen) atoms. The van der Waals surface area contributed by atoms with E-state index in [9.17, 15) is 4.39 Å². The molecule has 2 aromatic rings. The summed E-state index contributed by atoms with van der Waals surface area (Å²) in [5.41, 5.74) is 7.62. The van der Waals surface area contributed by atoms with E-state index in [1.54, 1.807) is 6.20 Å². The van der Waals surface area contributed by atoms with Gasteiger partial charge in [-0.05, 0) is 35.4 Å². The van der Waals surface area contributed by atoms with Gasteiger partial charge in [-0.2, -0.15) is 0 Å². The van der Waals surface area contributed by atoms with Crippen LogP contribution in [0.15, 0.2) is 45.6 Å². The Hall–Kier alpha value is -0.780. The molecule has 5 heteroatoms.